The molecule has 7 nitrogen and oxygen atoms in total. The minimum Gasteiger partial charge on any atom is -0.375 e. The van der Waals surface area contributed by atoms with Crippen LogP contribution < -0.4 is 14.6 Å². The van der Waals surface area contributed by atoms with Gasteiger partial charge in [0.2, 0.25) is 0 Å². The number of hydrogen-bond acceptors (Lipinski definition) is 6. The molecule has 34 heavy (non-hydrogen) atoms. The van der Waals surface area contributed by atoms with Gasteiger partial charge in [0.25, 0.3) is 5.56 Å². The molecule has 3 aromatic rings. The van der Waals surface area contributed by atoms with Crippen molar-refractivity contribution in [3.8, 4) is 5.75 Å². The number of aryl methyl sites for hydroxylation is 2. The van der Waals surface area contributed by atoms with Crippen molar-refractivity contribution in [1.29, 1.82) is 0 Å². The lowest BCUT2D eigenvalue weighted by molar-refractivity contribution is -0.0499. The predicted molar refractivity (Wildman–Crippen MR) is 121 cm³/mol. The summed E-state index contributed by atoms with van der Waals surface area (Å²) < 4.78 is 74.4. The zero-order chi connectivity index (χ0) is 24.7. The fourth-order valence-corrected chi connectivity index (χ4v) is 4.45. The monoisotopic (exact) mass is 496 g/mol. The molecule has 182 valence electrons. The Kier molecular flexibility index (Phi) is 6.34. The molecule has 1 saturated heterocycles. The van der Waals surface area contributed by atoms with Crippen LogP contribution in [0.1, 0.15) is 17.5 Å². The van der Waals surface area contributed by atoms with E-state index in [2.05, 4.69) is 4.18 Å². The number of hydrogen-bond donors (Lipinski definition) is 0. The lowest BCUT2D eigenvalue weighted by Crippen LogP contribution is -2.29. The third kappa shape index (κ3) is 4.76. The Labute approximate surface area is 194 Å². The largest absolute Gasteiger partial charge is 0.534 e. The van der Waals surface area contributed by atoms with Crippen molar-refractivity contribution in [1.82, 2.24) is 4.57 Å². The number of aromatic nitrogens is 1. The molecule has 0 N–H and O–H groups in total. The van der Waals surface area contributed by atoms with Gasteiger partial charge in [0.05, 0.1) is 18.2 Å². The van der Waals surface area contributed by atoms with E-state index in [1.54, 1.807) is 6.07 Å². The van der Waals surface area contributed by atoms with Gasteiger partial charge in [0.1, 0.15) is 0 Å². The quantitative estimate of drug-likeness (QED) is 0.381. The molecule has 0 radical (unpaired) electrons. The van der Waals surface area contributed by atoms with Gasteiger partial charge in [-0.25, -0.2) is 0 Å². The third-order valence-corrected chi connectivity index (χ3v) is 6.76. The van der Waals surface area contributed by atoms with E-state index in [1.165, 1.54) is 30.7 Å². The van der Waals surface area contributed by atoms with E-state index < -0.39 is 21.4 Å². The Balaban J connectivity index is 1.67. The first-order chi connectivity index (χ1) is 16.0. The van der Waals surface area contributed by atoms with Crippen LogP contribution in [-0.2, 0) is 28.5 Å². The molecule has 1 aliphatic rings. The summed E-state index contributed by atoms with van der Waals surface area (Å²) in [7, 11) is -4.43. The fourth-order valence-electron chi connectivity index (χ4n) is 3.98. The van der Waals surface area contributed by atoms with Crippen LogP contribution in [0.5, 0.6) is 5.75 Å². The molecular weight excluding hydrogens is 473 g/mol. The number of alkyl halides is 3. The summed E-state index contributed by atoms with van der Waals surface area (Å²) in [6, 6.07) is 13.9. The van der Waals surface area contributed by atoms with Crippen LogP contribution in [-0.4, -0.2) is 37.7 Å². The Bertz CT molecular complexity index is 1370. The highest BCUT2D eigenvalue weighted by atomic mass is 32.2. The van der Waals surface area contributed by atoms with Crippen molar-refractivity contribution < 1.29 is 30.5 Å². The molecule has 1 atom stereocenters. The zero-order valence-corrected chi connectivity index (χ0v) is 19.3. The molecule has 2 heterocycles. The Hall–Kier alpha value is -3.05. The van der Waals surface area contributed by atoms with E-state index in [0.29, 0.717) is 31.8 Å². The second-order valence-electron chi connectivity index (χ2n) is 8.20. The standard InChI is InChI=1S/C23H23F3N2O5S/c1-15-10-19-20(27(2)22(15)29)11-17(12-21(19)33-34(30,31)23(24,25)26)28-9-8-18(13-28)32-14-16-6-4-3-5-7-16/h3-7,10-12,18H,8-9,13-14H2,1-2H3. The van der Waals surface area contributed by atoms with Gasteiger partial charge in [-0.3, -0.25) is 4.79 Å². The maximum atomic E-state index is 13.0. The van der Waals surface area contributed by atoms with Gasteiger partial charge in [-0.05, 0) is 31.0 Å². The summed E-state index contributed by atoms with van der Waals surface area (Å²) in [6.45, 7) is 2.90. The number of nitrogens with zero attached hydrogens (tertiary/aromatic N) is 2. The molecule has 2 aromatic carbocycles. The van der Waals surface area contributed by atoms with Gasteiger partial charge in [-0.2, -0.15) is 21.6 Å². The molecule has 0 spiro atoms. The molecule has 1 aromatic heterocycles. The van der Waals surface area contributed by atoms with Gasteiger partial charge in [0.15, 0.2) is 5.75 Å². The van der Waals surface area contributed by atoms with E-state index in [4.69, 9.17) is 4.74 Å². The molecule has 0 bridgehead atoms. The first kappa shape index (κ1) is 24.1. The summed E-state index contributed by atoms with van der Waals surface area (Å²) in [4.78, 5) is 14.3. The molecule has 0 amide bonds. The van der Waals surface area contributed by atoms with E-state index in [1.807, 2.05) is 35.2 Å². The highest BCUT2D eigenvalue weighted by molar-refractivity contribution is 7.88. The summed E-state index contributed by atoms with van der Waals surface area (Å²) >= 11 is 0. The van der Waals surface area contributed by atoms with Gasteiger partial charge in [-0.15, -0.1) is 0 Å². The van der Waals surface area contributed by atoms with E-state index >= 15 is 0 Å². The van der Waals surface area contributed by atoms with Gasteiger partial charge >= 0.3 is 15.6 Å². The van der Waals surface area contributed by atoms with Crippen LogP contribution >= 0.6 is 0 Å². The molecule has 4 rings (SSSR count). The Morgan fingerprint density at radius 3 is 2.50 bits per heavy atom. The van der Waals surface area contributed by atoms with Crippen LogP contribution in [0, 0.1) is 6.92 Å². The second kappa shape index (κ2) is 8.95. The number of fused-ring (bicyclic) bond motifs is 1. The van der Waals surface area contributed by atoms with Crippen molar-refractivity contribution in [2.24, 2.45) is 7.05 Å². The average Bonchev–Trinajstić information content (AvgIpc) is 3.25. The molecule has 1 fully saturated rings. The first-order valence-corrected chi connectivity index (χ1v) is 11.9. The predicted octanol–water partition coefficient (Wildman–Crippen LogP) is 3.87. The van der Waals surface area contributed by atoms with Crippen molar-refractivity contribution >= 4 is 26.7 Å². The van der Waals surface area contributed by atoms with Crippen LogP contribution in [0.4, 0.5) is 18.9 Å². The molecular formula is C23H23F3N2O5S. The summed E-state index contributed by atoms with van der Waals surface area (Å²) in [5.41, 5.74) is -3.98. The maximum absolute atomic E-state index is 13.0. The number of halogens is 3. The summed E-state index contributed by atoms with van der Waals surface area (Å²) in [5.74, 6) is -0.489. The number of anilines is 1. The second-order valence-corrected chi connectivity index (χ2v) is 9.74. The summed E-state index contributed by atoms with van der Waals surface area (Å²) in [6.07, 6.45) is 0.551. The number of ether oxygens (including phenoxy) is 1. The van der Waals surface area contributed by atoms with Crippen molar-refractivity contribution in [3.05, 3.63) is 70.0 Å². The highest BCUT2D eigenvalue weighted by Gasteiger charge is 2.49. The van der Waals surface area contributed by atoms with Crippen LogP contribution in [0.3, 0.4) is 0 Å². The molecule has 0 aliphatic carbocycles. The first-order valence-electron chi connectivity index (χ1n) is 10.5. The van der Waals surface area contributed by atoms with Gasteiger partial charge in [0, 0.05) is 42.8 Å². The van der Waals surface area contributed by atoms with Crippen LogP contribution in [0.2, 0.25) is 0 Å². The Morgan fingerprint density at radius 1 is 1.12 bits per heavy atom. The number of pyridine rings is 1. The summed E-state index contributed by atoms with van der Waals surface area (Å²) in [5, 5.41) is 0.0900. The lowest BCUT2D eigenvalue weighted by Gasteiger charge is -2.22. The van der Waals surface area contributed by atoms with E-state index in [0.717, 1.165) is 5.56 Å². The van der Waals surface area contributed by atoms with Gasteiger partial charge in [-0.1, -0.05) is 30.3 Å². The molecule has 11 heteroatoms. The van der Waals surface area contributed by atoms with E-state index in [-0.39, 0.29) is 28.1 Å². The van der Waals surface area contributed by atoms with Crippen molar-refractivity contribution in [3.63, 3.8) is 0 Å². The topological polar surface area (TPSA) is 77.8 Å². The molecule has 0 saturated carbocycles. The van der Waals surface area contributed by atoms with Crippen molar-refractivity contribution in [2.75, 3.05) is 18.0 Å². The number of rotatable bonds is 6. The lowest BCUT2D eigenvalue weighted by atomic mass is 10.1. The van der Waals surface area contributed by atoms with Crippen molar-refractivity contribution in [2.45, 2.75) is 31.6 Å². The fraction of sp³-hybridized carbons (Fsp3) is 0.348. The van der Waals surface area contributed by atoms with Crippen LogP contribution in [0.15, 0.2) is 53.3 Å². The number of benzene rings is 2. The minimum atomic E-state index is -5.90. The average molecular weight is 497 g/mol. The highest BCUT2D eigenvalue weighted by Crippen LogP contribution is 2.36. The third-order valence-electron chi connectivity index (χ3n) is 5.79. The van der Waals surface area contributed by atoms with Crippen LogP contribution in [0.25, 0.3) is 10.9 Å². The van der Waals surface area contributed by atoms with E-state index in [9.17, 15) is 26.4 Å². The molecule has 1 unspecified atom stereocenters. The maximum Gasteiger partial charge on any atom is 0.534 e. The smallest absolute Gasteiger partial charge is 0.375 e. The minimum absolute atomic E-state index is 0.0900. The Morgan fingerprint density at radius 2 is 1.82 bits per heavy atom. The molecule has 1 aliphatic heterocycles. The SMILES string of the molecule is Cc1cc2c(OS(=O)(=O)C(F)(F)F)cc(N3CCC(OCc4ccccc4)C3)cc2n(C)c1=O. The zero-order valence-electron chi connectivity index (χ0n) is 18.5. The van der Waals surface area contributed by atoms with Gasteiger partial charge < -0.3 is 18.4 Å². The normalized spacial score (nSPS) is 16.9.